The molecule has 0 aliphatic heterocycles. The second-order valence-corrected chi connectivity index (χ2v) is 8.72. The molecule has 0 atom stereocenters. The first-order valence-corrected chi connectivity index (χ1v) is 10.4. The van der Waals surface area contributed by atoms with Gasteiger partial charge in [0.1, 0.15) is 17.4 Å². The first-order valence-electron chi connectivity index (χ1n) is 9.57. The van der Waals surface area contributed by atoms with Gasteiger partial charge in [-0.2, -0.15) is 5.26 Å². The number of aromatic nitrogens is 1. The average Bonchev–Trinajstić information content (AvgIpc) is 3.25. The fourth-order valence-electron chi connectivity index (χ4n) is 2.77. The van der Waals surface area contributed by atoms with Crippen molar-refractivity contribution in [3.63, 3.8) is 0 Å². The van der Waals surface area contributed by atoms with Gasteiger partial charge in [0.2, 0.25) is 5.75 Å². The second-order valence-electron chi connectivity index (χ2n) is 7.82. The first kappa shape index (κ1) is 22.7. The number of carbonyl (C=O) groups is 1. The molecular weight excluding hydrogens is 428 g/mol. The zero-order chi connectivity index (χ0) is 23.3. The van der Waals surface area contributed by atoms with Gasteiger partial charge in [-0.3, -0.25) is 20.2 Å². The number of benzene rings is 2. The van der Waals surface area contributed by atoms with Crippen LogP contribution in [0.5, 0.6) is 11.5 Å². The normalized spacial score (nSPS) is 11.5. The van der Waals surface area contributed by atoms with Gasteiger partial charge in [0.15, 0.2) is 5.13 Å². The molecule has 0 fully saturated rings. The molecule has 3 aromatic rings. The highest BCUT2D eigenvalue weighted by atomic mass is 32.1. The quantitative estimate of drug-likeness (QED) is 0.224. The van der Waals surface area contributed by atoms with Crippen molar-refractivity contribution in [1.29, 1.82) is 5.26 Å². The Hall–Kier alpha value is -4.03. The molecule has 2 aromatic carbocycles. The van der Waals surface area contributed by atoms with Crippen molar-refractivity contribution in [2.24, 2.45) is 0 Å². The number of nitro benzene ring substituents is 1. The third kappa shape index (κ3) is 5.56. The van der Waals surface area contributed by atoms with E-state index in [0.717, 1.165) is 5.56 Å². The van der Waals surface area contributed by atoms with Crippen LogP contribution < -0.4 is 10.1 Å². The van der Waals surface area contributed by atoms with Crippen LogP contribution in [0.15, 0.2) is 59.6 Å². The van der Waals surface area contributed by atoms with Crippen molar-refractivity contribution in [3.05, 3.63) is 80.9 Å². The number of rotatable bonds is 6. The van der Waals surface area contributed by atoms with Gasteiger partial charge >= 0.3 is 5.69 Å². The molecule has 1 N–H and O–H groups in total. The maximum Gasteiger partial charge on any atom is 0.312 e. The van der Waals surface area contributed by atoms with E-state index < -0.39 is 10.8 Å². The van der Waals surface area contributed by atoms with E-state index in [9.17, 15) is 20.2 Å². The van der Waals surface area contributed by atoms with Crippen LogP contribution >= 0.6 is 11.3 Å². The van der Waals surface area contributed by atoms with Gasteiger partial charge in [0.05, 0.1) is 4.92 Å². The largest absolute Gasteiger partial charge is 0.450 e. The van der Waals surface area contributed by atoms with Gasteiger partial charge in [-0.25, -0.2) is 4.98 Å². The van der Waals surface area contributed by atoms with Crippen molar-refractivity contribution in [1.82, 2.24) is 4.98 Å². The lowest BCUT2D eigenvalue weighted by molar-refractivity contribution is -0.385. The second kappa shape index (κ2) is 9.41. The van der Waals surface area contributed by atoms with E-state index in [4.69, 9.17) is 4.74 Å². The molecule has 0 spiro atoms. The molecule has 3 rings (SSSR count). The summed E-state index contributed by atoms with van der Waals surface area (Å²) in [5, 5.41) is 25.5. The summed E-state index contributed by atoms with van der Waals surface area (Å²) in [7, 11) is 0. The van der Waals surface area contributed by atoms with Gasteiger partial charge in [0.25, 0.3) is 5.91 Å². The number of thiazole rings is 1. The number of nitro groups is 1. The monoisotopic (exact) mass is 448 g/mol. The van der Waals surface area contributed by atoms with Gasteiger partial charge < -0.3 is 4.74 Å². The van der Waals surface area contributed by atoms with Crippen LogP contribution in [0.3, 0.4) is 0 Å². The van der Waals surface area contributed by atoms with Crippen LogP contribution in [0.4, 0.5) is 10.8 Å². The van der Waals surface area contributed by atoms with E-state index in [0.29, 0.717) is 16.4 Å². The maximum atomic E-state index is 12.3. The fraction of sp³-hybridized carbons (Fsp3) is 0.174. The third-order valence-electron chi connectivity index (χ3n) is 4.46. The van der Waals surface area contributed by atoms with Gasteiger partial charge in [-0.05, 0) is 40.8 Å². The first-order chi connectivity index (χ1) is 15.2. The Labute approximate surface area is 189 Å². The van der Waals surface area contributed by atoms with Crippen LogP contribution in [-0.2, 0) is 10.2 Å². The molecule has 8 nitrogen and oxygen atoms in total. The smallest absolute Gasteiger partial charge is 0.312 e. The van der Waals surface area contributed by atoms with E-state index in [-0.39, 0.29) is 22.4 Å². The van der Waals surface area contributed by atoms with Crippen LogP contribution in [-0.4, -0.2) is 15.8 Å². The summed E-state index contributed by atoms with van der Waals surface area (Å²) >= 11 is 1.21. The summed E-state index contributed by atoms with van der Waals surface area (Å²) < 4.78 is 5.73. The fourth-order valence-corrected chi connectivity index (χ4v) is 3.29. The number of nitrogens with zero attached hydrogens (tertiary/aromatic N) is 3. The molecule has 0 saturated heterocycles. The highest BCUT2D eigenvalue weighted by molar-refractivity contribution is 7.13. The minimum atomic E-state index is -0.649. The number of carbonyl (C=O) groups excluding carboxylic acids is 1. The highest BCUT2D eigenvalue weighted by Gasteiger charge is 2.19. The Morgan fingerprint density at radius 3 is 2.53 bits per heavy atom. The topological polar surface area (TPSA) is 118 Å². The minimum absolute atomic E-state index is 0.0250. The summed E-state index contributed by atoms with van der Waals surface area (Å²) in [6.07, 6.45) is 2.80. The number of nitriles is 1. The molecule has 32 heavy (non-hydrogen) atoms. The number of hydrogen-bond donors (Lipinski definition) is 1. The summed E-state index contributed by atoms with van der Waals surface area (Å²) in [5.74, 6) is -0.129. The van der Waals surface area contributed by atoms with Gasteiger partial charge in [-0.1, -0.05) is 39.0 Å². The van der Waals surface area contributed by atoms with Crippen LogP contribution in [0.2, 0.25) is 0 Å². The van der Waals surface area contributed by atoms with Crippen LogP contribution in [0, 0.1) is 21.4 Å². The SMILES string of the molecule is CC(C)(C)c1ccc(Oc2ccc(/C=C(\C#N)C(=O)Nc3nccs3)cc2[N+](=O)[O-])cc1. The number of hydrogen-bond acceptors (Lipinski definition) is 7. The summed E-state index contributed by atoms with van der Waals surface area (Å²) in [4.78, 5) is 27.2. The predicted molar refractivity (Wildman–Crippen MR) is 123 cm³/mol. The molecule has 9 heteroatoms. The molecule has 0 radical (unpaired) electrons. The number of nitrogens with one attached hydrogen (secondary N) is 1. The summed E-state index contributed by atoms with van der Waals surface area (Å²) in [5.41, 5.74) is 0.915. The lowest BCUT2D eigenvalue weighted by Gasteiger charge is -2.19. The van der Waals surface area contributed by atoms with Crippen LogP contribution in [0.1, 0.15) is 31.9 Å². The number of anilines is 1. The van der Waals surface area contributed by atoms with Crippen molar-refractivity contribution < 1.29 is 14.5 Å². The number of amides is 1. The molecule has 0 aliphatic rings. The molecule has 1 amide bonds. The standard InChI is InChI=1S/C23H20N4O4S/c1-23(2,3)17-5-7-18(8-6-17)31-20-9-4-15(13-19(20)27(29)30)12-16(14-24)21(28)26-22-25-10-11-32-22/h4-13H,1-3H3,(H,25,26,28)/b16-12+. The van der Waals surface area contributed by atoms with Crippen molar-refractivity contribution in [3.8, 4) is 17.6 Å². The summed E-state index contributed by atoms with van der Waals surface area (Å²) in [6, 6.07) is 13.4. The Morgan fingerprint density at radius 2 is 1.97 bits per heavy atom. The number of ether oxygens (including phenoxy) is 1. The zero-order valence-electron chi connectivity index (χ0n) is 17.7. The van der Waals surface area contributed by atoms with E-state index in [1.54, 1.807) is 23.6 Å². The molecule has 0 saturated carbocycles. The van der Waals surface area contributed by atoms with Crippen molar-refractivity contribution >= 4 is 34.1 Å². The van der Waals surface area contributed by atoms with Crippen molar-refractivity contribution in [2.45, 2.75) is 26.2 Å². The Kier molecular flexibility index (Phi) is 6.66. The molecule has 0 bridgehead atoms. The van der Waals surface area contributed by atoms with Gasteiger partial charge in [-0.15, -0.1) is 11.3 Å². The Morgan fingerprint density at radius 1 is 1.25 bits per heavy atom. The molecular formula is C23H20N4O4S. The average molecular weight is 449 g/mol. The van der Waals surface area contributed by atoms with E-state index in [2.05, 4.69) is 31.1 Å². The van der Waals surface area contributed by atoms with E-state index >= 15 is 0 Å². The predicted octanol–water partition coefficient (Wildman–Crippen LogP) is 5.69. The Balaban J connectivity index is 1.85. The lowest BCUT2D eigenvalue weighted by atomic mass is 9.87. The van der Waals surface area contributed by atoms with E-state index in [1.165, 1.54) is 35.7 Å². The molecule has 0 unspecified atom stereocenters. The Bertz CT molecular complexity index is 1200. The molecule has 162 valence electrons. The van der Waals surface area contributed by atoms with E-state index in [1.807, 2.05) is 18.2 Å². The lowest BCUT2D eigenvalue weighted by Crippen LogP contribution is -2.13. The summed E-state index contributed by atoms with van der Waals surface area (Å²) in [6.45, 7) is 6.27. The molecule has 1 heterocycles. The van der Waals surface area contributed by atoms with Crippen molar-refractivity contribution in [2.75, 3.05) is 5.32 Å². The molecule has 0 aliphatic carbocycles. The minimum Gasteiger partial charge on any atom is -0.450 e. The maximum absolute atomic E-state index is 12.3. The van der Waals surface area contributed by atoms with Gasteiger partial charge in [0, 0.05) is 17.6 Å². The molecule has 1 aromatic heterocycles. The highest BCUT2D eigenvalue weighted by Crippen LogP contribution is 2.34. The third-order valence-corrected chi connectivity index (χ3v) is 5.15. The zero-order valence-corrected chi connectivity index (χ0v) is 18.5. The van der Waals surface area contributed by atoms with Crippen LogP contribution in [0.25, 0.3) is 6.08 Å².